The van der Waals surface area contributed by atoms with Crippen molar-refractivity contribution in [3.63, 3.8) is 0 Å². The normalized spacial score (nSPS) is 18.5. The van der Waals surface area contributed by atoms with E-state index in [4.69, 9.17) is 0 Å². The van der Waals surface area contributed by atoms with Crippen molar-refractivity contribution in [1.82, 2.24) is 5.32 Å². The van der Waals surface area contributed by atoms with Crippen molar-refractivity contribution in [1.29, 1.82) is 0 Å². The molecular formula is C20H24N2OS2. The number of nitrogens with one attached hydrogen (secondary N) is 1. The van der Waals surface area contributed by atoms with Crippen molar-refractivity contribution < 1.29 is 4.21 Å². The number of anilines is 2. The molecule has 3 nitrogen and oxygen atoms in total. The van der Waals surface area contributed by atoms with Gasteiger partial charge in [-0.05, 0) is 68.6 Å². The van der Waals surface area contributed by atoms with E-state index in [0.717, 1.165) is 30.4 Å². The molecule has 0 radical (unpaired) electrons. The molecule has 0 spiro atoms. The summed E-state index contributed by atoms with van der Waals surface area (Å²) in [6, 6.07) is 14.9. The average molecular weight is 373 g/mol. The molecule has 2 aromatic carbocycles. The molecule has 0 aromatic heterocycles. The van der Waals surface area contributed by atoms with Crippen LogP contribution in [0.2, 0.25) is 0 Å². The van der Waals surface area contributed by atoms with Crippen molar-refractivity contribution in [2.45, 2.75) is 33.9 Å². The highest BCUT2D eigenvalue weighted by atomic mass is 32.2. The highest BCUT2D eigenvalue weighted by molar-refractivity contribution is 7.99. The summed E-state index contributed by atoms with van der Waals surface area (Å²) in [6.07, 6.45) is 5.51. The second-order valence-electron chi connectivity index (χ2n) is 6.79. The third-order valence-electron chi connectivity index (χ3n) is 5.15. The maximum Gasteiger partial charge on any atom is 0.0565 e. The molecule has 2 aliphatic rings. The number of hydrogen-bond donors (Lipinski definition) is 1. The van der Waals surface area contributed by atoms with E-state index < -0.39 is 10.8 Å². The second kappa shape index (κ2) is 7.52. The zero-order valence-corrected chi connectivity index (χ0v) is 16.2. The van der Waals surface area contributed by atoms with Crippen LogP contribution in [0.15, 0.2) is 57.2 Å². The van der Waals surface area contributed by atoms with Crippen LogP contribution in [-0.4, -0.2) is 30.1 Å². The maximum atomic E-state index is 12.0. The lowest BCUT2D eigenvalue weighted by Crippen LogP contribution is -2.30. The zero-order chi connectivity index (χ0) is 17.2. The Bertz CT molecular complexity index is 787. The lowest BCUT2D eigenvalue weighted by molar-refractivity contribution is 0.357. The van der Waals surface area contributed by atoms with E-state index in [2.05, 4.69) is 46.6 Å². The molecule has 2 heterocycles. The summed E-state index contributed by atoms with van der Waals surface area (Å²) in [5, 5.41) is 3.45. The Balaban J connectivity index is 1.66. The number of fused-ring (bicyclic) bond motifs is 2. The lowest BCUT2D eigenvalue weighted by atomic mass is 9.94. The molecule has 2 aromatic rings. The van der Waals surface area contributed by atoms with Gasteiger partial charge in [0.15, 0.2) is 0 Å². The number of rotatable bonds is 4. The van der Waals surface area contributed by atoms with Gasteiger partial charge >= 0.3 is 0 Å². The summed E-state index contributed by atoms with van der Waals surface area (Å²) < 4.78 is 12.0. The molecule has 132 valence electrons. The van der Waals surface area contributed by atoms with Crippen LogP contribution in [0.25, 0.3) is 0 Å². The third-order valence-corrected chi connectivity index (χ3v) is 7.20. The fourth-order valence-electron chi connectivity index (χ4n) is 3.71. The van der Waals surface area contributed by atoms with Gasteiger partial charge in [-0.25, -0.2) is 0 Å². The minimum absolute atomic E-state index is 0.801. The monoisotopic (exact) mass is 372 g/mol. The van der Waals surface area contributed by atoms with E-state index in [1.54, 1.807) is 6.26 Å². The maximum absolute atomic E-state index is 12.0. The molecule has 0 bridgehead atoms. The Labute approximate surface area is 156 Å². The molecule has 1 atom stereocenters. The van der Waals surface area contributed by atoms with Crippen molar-refractivity contribution >= 4 is 33.9 Å². The molecular weight excluding hydrogens is 348 g/mol. The van der Waals surface area contributed by atoms with Gasteiger partial charge in [-0.2, -0.15) is 0 Å². The van der Waals surface area contributed by atoms with Crippen LogP contribution >= 0.6 is 11.8 Å². The number of piperidine rings is 1. The third kappa shape index (κ3) is 3.64. The fraction of sp³-hybridized carbons (Fsp3) is 0.400. The number of para-hydroxylation sites is 1. The van der Waals surface area contributed by atoms with E-state index in [0.29, 0.717) is 0 Å². The highest BCUT2D eigenvalue weighted by Gasteiger charge is 2.25. The second-order valence-corrected chi connectivity index (χ2v) is 9.25. The molecule has 4 rings (SSSR count). The number of benzene rings is 2. The first-order valence-electron chi connectivity index (χ1n) is 8.95. The Morgan fingerprint density at radius 2 is 1.88 bits per heavy atom. The van der Waals surface area contributed by atoms with Crippen LogP contribution in [0.1, 0.15) is 19.3 Å². The first kappa shape index (κ1) is 17.1. The number of nitrogens with zero attached hydrogens (tertiary/aromatic N) is 1. The van der Waals surface area contributed by atoms with E-state index in [1.165, 1.54) is 40.4 Å². The number of hydrogen-bond acceptors (Lipinski definition) is 4. The Morgan fingerprint density at radius 3 is 2.68 bits per heavy atom. The van der Waals surface area contributed by atoms with Crippen LogP contribution < -0.4 is 10.2 Å². The van der Waals surface area contributed by atoms with Gasteiger partial charge in [0.25, 0.3) is 0 Å². The molecule has 0 saturated carbocycles. The molecule has 2 aliphatic heterocycles. The van der Waals surface area contributed by atoms with Gasteiger partial charge in [-0.1, -0.05) is 23.9 Å². The van der Waals surface area contributed by atoms with Gasteiger partial charge in [0.2, 0.25) is 0 Å². The molecule has 25 heavy (non-hydrogen) atoms. The van der Waals surface area contributed by atoms with Crippen LogP contribution in [0.5, 0.6) is 0 Å². The van der Waals surface area contributed by atoms with Crippen molar-refractivity contribution in [2.24, 2.45) is 5.92 Å². The largest absolute Gasteiger partial charge is 0.340 e. The van der Waals surface area contributed by atoms with E-state index >= 15 is 0 Å². The van der Waals surface area contributed by atoms with Crippen LogP contribution in [-0.2, 0) is 10.8 Å². The minimum Gasteiger partial charge on any atom is -0.340 e. The Kier molecular flexibility index (Phi) is 5.15. The predicted octanol–water partition coefficient (Wildman–Crippen LogP) is 4.42. The molecule has 0 aliphatic carbocycles. The molecule has 1 fully saturated rings. The van der Waals surface area contributed by atoms with Gasteiger partial charge < -0.3 is 10.2 Å². The summed E-state index contributed by atoms with van der Waals surface area (Å²) in [5.74, 6) is 0.801. The molecule has 5 heteroatoms. The predicted molar refractivity (Wildman–Crippen MR) is 107 cm³/mol. The van der Waals surface area contributed by atoms with Crippen LogP contribution in [0.3, 0.4) is 0 Å². The van der Waals surface area contributed by atoms with E-state index in [9.17, 15) is 4.21 Å². The van der Waals surface area contributed by atoms with Crippen molar-refractivity contribution in [2.75, 3.05) is 30.8 Å². The minimum atomic E-state index is -0.952. The van der Waals surface area contributed by atoms with Crippen molar-refractivity contribution in [3.8, 4) is 0 Å². The van der Waals surface area contributed by atoms with E-state index in [1.807, 2.05) is 17.8 Å². The van der Waals surface area contributed by atoms with Gasteiger partial charge in [0.05, 0.1) is 11.4 Å². The first-order chi connectivity index (χ1) is 12.2. The summed E-state index contributed by atoms with van der Waals surface area (Å²) in [7, 11) is -0.952. The summed E-state index contributed by atoms with van der Waals surface area (Å²) in [6.45, 7) is 3.31. The Morgan fingerprint density at radius 1 is 1.12 bits per heavy atom. The topological polar surface area (TPSA) is 32.3 Å². The Hall–Kier alpha value is -1.30. The summed E-state index contributed by atoms with van der Waals surface area (Å²) in [4.78, 5) is 5.93. The van der Waals surface area contributed by atoms with Gasteiger partial charge in [-0.15, -0.1) is 0 Å². The van der Waals surface area contributed by atoms with Crippen LogP contribution in [0.4, 0.5) is 11.4 Å². The summed E-state index contributed by atoms with van der Waals surface area (Å²) >= 11 is 1.82. The van der Waals surface area contributed by atoms with Crippen LogP contribution in [0, 0.1) is 5.92 Å². The highest BCUT2D eigenvalue weighted by Crippen LogP contribution is 2.48. The van der Waals surface area contributed by atoms with Crippen molar-refractivity contribution in [3.05, 3.63) is 42.5 Å². The smallest absolute Gasteiger partial charge is 0.0565 e. The van der Waals surface area contributed by atoms with E-state index in [-0.39, 0.29) is 0 Å². The zero-order valence-electron chi connectivity index (χ0n) is 14.5. The van der Waals surface area contributed by atoms with Gasteiger partial charge in [0, 0.05) is 38.3 Å². The average Bonchev–Trinajstić information content (AvgIpc) is 2.65. The molecule has 1 saturated heterocycles. The first-order valence-corrected chi connectivity index (χ1v) is 11.3. The van der Waals surface area contributed by atoms with Gasteiger partial charge in [0.1, 0.15) is 0 Å². The quantitative estimate of drug-likeness (QED) is 0.861. The molecule has 0 amide bonds. The SMILES string of the molecule is CS(=O)c1ccc2c(c1)N(CCC1CCNCC1)c1ccccc1S2. The molecule has 1 N–H and O–H groups in total. The standard InChI is InChI=1S/C20H24N2OS2/c1-25(23)16-6-7-20-18(14-16)22(13-10-15-8-11-21-12-9-15)17-4-2-3-5-19(17)24-20/h2-7,14-15,21H,8-13H2,1H3. The van der Waals surface area contributed by atoms with Gasteiger partial charge in [-0.3, -0.25) is 4.21 Å². The lowest BCUT2D eigenvalue weighted by Gasteiger charge is -2.34. The molecule has 1 unspecified atom stereocenters. The fourth-order valence-corrected chi connectivity index (χ4v) is 5.32. The summed E-state index contributed by atoms with van der Waals surface area (Å²) in [5.41, 5.74) is 2.50.